The van der Waals surface area contributed by atoms with Gasteiger partial charge in [-0.1, -0.05) is 6.07 Å². The van der Waals surface area contributed by atoms with Crippen LogP contribution >= 0.6 is 11.3 Å². The first-order chi connectivity index (χ1) is 7.54. The standard InChI is InChI=1S/C9H7FN2O2S2/c10-16(13,14)6-7-5-15-9(12-7)8-3-1-2-4-11-8/h1-5H,6H2. The van der Waals surface area contributed by atoms with Crippen molar-refractivity contribution in [2.75, 3.05) is 0 Å². The molecule has 0 unspecified atom stereocenters. The second kappa shape index (κ2) is 4.26. The third kappa shape index (κ3) is 2.83. The maximum Gasteiger partial charge on any atom is 0.308 e. The van der Waals surface area contributed by atoms with Crippen LogP contribution in [0.25, 0.3) is 10.7 Å². The van der Waals surface area contributed by atoms with E-state index in [1.165, 1.54) is 16.7 Å². The quantitative estimate of drug-likeness (QED) is 0.790. The second-order valence-corrected chi connectivity index (χ2v) is 5.27. The Hall–Kier alpha value is -1.34. The molecule has 0 aliphatic carbocycles. The molecular formula is C9H7FN2O2S2. The van der Waals surface area contributed by atoms with E-state index in [-0.39, 0.29) is 5.69 Å². The van der Waals surface area contributed by atoms with Crippen LogP contribution in [0.5, 0.6) is 0 Å². The lowest BCUT2D eigenvalue weighted by atomic mass is 10.4. The van der Waals surface area contributed by atoms with Gasteiger partial charge in [-0.2, -0.15) is 8.42 Å². The summed E-state index contributed by atoms with van der Waals surface area (Å²) in [5.74, 6) is -0.684. The van der Waals surface area contributed by atoms with Gasteiger partial charge in [0.2, 0.25) is 0 Å². The van der Waals surface area contributed by atoms with Crippen LogP contribution in [0.15, 0.2) is 29.8 Å². The lowest BCUT2D eigenvalue weighted by Gasteiger charge is -1.92. The summed E-state index contributed by atoms with van der Waals surface area (Å²) in [4.78, 5) is 8.07. The minimum atomic E-state index is -4.52. The Kier molecular flexibility index (Phi) is 2.97. The molecule has 2 aromatic heterocycles. The van der Waals surface area contributed by atoms with Gasteiger partial charge < -0.3 is 0 Å². The summed E-state index contributed by atoms with van der Waals surface area (Å²) in [7, 11) is -4.52. The average Bonchev–Trinajstić information content (AvgIpc) is 2.65. The van der Waals surface area contributed by atoms with Gasteiger partial charge in [0.05, 0.1) is 11.4 Å². The van der Waals surface area contributed by atoms with E-state index in [0.717, 1.165) is 0 Å². The molecule has 0 radical (unpaired) electrons. The van der Waals surface area contributed by atoms with Crippen molar-refractivity contribution in [3.8, 4) is 10.7 Å². The summed E-state index contributed by atoms with van der Waals surface area (Å²) >= 11 is 1.24. The first-order valence-corrected chi connectivity index (χ1v) is 6.76. The van der Waals surface area contributed by atoms with Crippen molar-refractivity contribution in [2.24, 2.45) is 0 Å². The molecule has 2 rings (SSSR count). The number of rotatable bonds is 3. The molecule has 0 fully saturated rings. The topological polar surface area (TPSA) is 59.9 Å². The Bertz CT molecular complexity index is 581. The fraction of sp³-hybridized carbons (Fsp3) is 0.111. The van der Waals surface area contributed by atoms with E-state index in [2.05, 4.69) is 9.97 Å². The van der Waals surface area contributed by atoms with Crippen LogP contribution in [0.2, 0.25) is 0 Å². The molecule has 0 N–H and O–H groups in total. The Morgan fingerprint density at radius 2 is 2.19 bits per heavy atom. The normalized spacial score (nSPS) is 11.6. The Labute approximate surface area is 96.0 Å². The van der Waals surface area contributed by atoms with Crippen LogP contribution in [0, 0.1) is 0 Å². The number of aromatic nitrogens is 2. The van der Waals surface area contributed by atoms with Gasteiger partial charge in [0.1, 0.15) is 10.8 Å². The van der Waals surface area contributed by atoms with E-state index in [1.807, 2.05) is 0 Å². The highest BCUT2D eigenvalue weighted by atomic mass is 32.3. The van der Waals surface area contributed by atoms with Gasteiger partial charge in [-0.05, 0) is 12.1 Å². The molecular weight excluding hydrogens is 251 g/mol. The highest BCUT2D eigenvalue weighted by molar-refractivity contribution is 7.85. The molecule has 0 spiro atoms. The molecule has 0 aromatic carbocycles. The Morgan fingerprint density at radius 1 is 1.38 bits per heavy atom. The predicted molar refractivity (Wildman–Crippen MR) is 59.1 cm³/mol. The summed E-state index contributed by atoms with van der Waals surface area (Å²) in [5, 5.41) is 2.10. The molecule has 4 nitrogen and oxygen atoms in total. The fourth-order valence-corrected chi connectivity index (χ4v) is 2.56. The van der Waals surface area contributed by atoms with Crippen LogP contribution in [0.1, 0.15) is 5.69 Å². The van der Waals surface area contributed by atoms with Crippen molar-refractivity contribution in [1.82, 2.24) is 9.97 Å². The molecule has 16 heavy (non-hydrogen) atoms. The molecule has 0 aliphatic rings. The van der Waals surface area contributed by atoms with Crippen LogP contribution < -0.4 is 0 Å². The van der Waals surface area contributed by atoms with Crippen LogP contribution in [-0.2, 0) is 16.0 Å². The molecule has 2 heterocycles. The summed E-state index contributed by atoms with van der Waals surface area (Å²) in [6.07, 6.45) is 1.61. The van der Waals surface area contributed by atoms with Gasteiger partial charge >= 0.3 is 10.2 Å². The van der Waals surface area contributed by atoms with E-state index in [9.17, 15) is 12.3 Å². The molecule has 7 heteroatoms. The maximum atomic E-state index is 12.4. The van der Waals surface area contributed by atoms with E-state index >= 15 is 0 Å². The van der Waals surface area contributed by atoms with E-state index < -0.39 is 16.0 Å². The number of hydrogen-bond donors (Lipinski definition) is 0. The first-order valence-electron chi connectivity index (χ1n) is 4.33. The number of pyridine rings is 1. The van der Waals surface area contributed by atoms with E-state index in [0.29, 0.717) is 10.7 Å². The Morgan fingerprint density at radius 3 is 2.81 bits per heavy atom. The third-order valence-corrected chi connectivity index (χ3v) is 3.31. The van der Waals surface area contributed by atoms with E-state index in [1.54, 1.807) is 24.4 Å². The summed E-state index contributed by atoms with van der Waals surface area (Å²) in [5.41, 5.74) is 0.850. The van der Waals surface area contributed by atoms with E-state index in [4.69, 9.17) is 0 Å². The predicted octanol–water partition coefficient (Wildman–Crippen LogP) is 2.00. The van der Waals surface area contributed by atoms with Gasteiger partial charge in [0, 0.05) is 11.6 Å². The van der Waals surface area contributed by atoms with Gasteiger partial charge in [0.15, 0.2) is 0 Å². The van der Waals surface area contributed by atoms with Crippen molar-refractivity contribution in [1.29, 1.82) is 0 Å². The van der Waals surface area contributed by atoms with Gasteiger partial charge in [-0.3, -0.25) is 4.98 Å². The van der Waals surface area contributed by atoms with Gasteiger partial charge in [0.25, 0.3) is 0 Å². The van der Waals surface area contributed by atoms with Crippen molar-refractivity contribution >= 4 is 21.6 Å². The maximum absolute atomic E-state index is 12.4. The molecule has 0 bridgehead atoms. The zero-order valence-electron chi connectivity index (χ0n) is 8.00. The highest BCUT2D eigenvalue weighted by Gasteiger charge is 2.13. The number of halogens is 1. The summed E-state index contributed by atoms with van der Waals surface area (Å²) < 4.78 is 33.3. The largest absolute Gasteiger partial charge is 0.308 e. The molecule has 0 saturated heterocycles. The summed E-state index contributed by atoms with van der Waals surface area (Å²) in [6.45, 7) is 0. The SMILES string of the molecule is O=S(=O)(F)Cc1csc(-c2ccccn2)n1. The lowest BCUT2D eigenvalue weighted by Crippen LogP contribution is -1.96. The van der Waals surface area contributed by atoms with Crippen LogP contribution in [0.3, 0.4) is 0 Å². The zero-order chi connectivity index (χ0) is 11.6. The molecule has 0 saturated carbocycles. The monoisotopic (exact) mass is 258 g/mol. The van der Waals surface area contributed by atoms with Crippen LogP contribution in [-0.4, -0.2) is 18.4 Å². The lowest BCUT2D eigenvalue weighted by molar-refractivity contribution is 0.550. The minimum Gasteiger partial charge on any atom is -0.254 e. The fourth-order valence-electron chi connectivity index (χ4n) is 1.16. The molecule has 2 aromatic rings. The molecule has 84 valence electrons. The number of nitrogens with zero attached hydrogens (tertiary/aromatic N) is 2. The highest BCUT2D eigenvalue weighted by Crippen LogP contribution is 2.22. The van der Waals surface area contributed by atoms with Gasteiger partial charge in [-0.15, -0.1) is 15.2 Å². The smallest absolute Gasteiger partial charge is 0.254 e. The van der Waals surface area contributed by atoms with Crippen molar-refractivity contribution in [3.63, 3.8) is 0 Å². The van der Waals surface area contributed by atoms with Crippen LogP contribution in [0.4, 0.5) is 3.89 Å². The average molecular weight is 258 g/mol. The number of thiazole rings is 1. The molecule has 0 aliphatic heterocycles. The molecule has 0 amide bonds. The summed E-state index contributed by atoms with van der Waals surface area (Å²) in [6, 6.07) is 5.33. The zero-order valence-corrected chi connectivity index (χ0v) is 9.63. The number of hydrogen-bond acceptors (Lipinski definition) is 5. The van der Waals surface area contributed by atoms with Crippen molar-refractivity contribution in [2.45, 2.75) is 5.75 Å². The van der Waals surface area contributed by atoms with Crippen molar-refractivity contribution < 1.29 is 12.3 Å². The Balaban J connectivity index is 2.27. The second-order valence-electron chi connectivity index (χ2n) is 3.04. The first kappa shape index (κ1) is 11.2. The van der Waals surface area contributed by atoms with Crippen molar-refractivity contribution in [3.05, 3.63) is 35.5 Å². The third-order valence-electron chi connectivity index (χ3n) is 1.76. The minimum absolute atomic E-state index is 0.202. The van der Waals surface area contributed by atoms with Gasteiger partial charge in [-0.25, -0.2) is 4.98 Å². The molecule has 0 atom stereocenters.